The topological polar surface area (TPSA) is 80.5 Å². The first-order valence-electron chi connectivity index (χ1n) is 10.2. The van der Waals surface area contributed by atoms with Gasteiger partial charge in [0.15, 0.2) is 0 Å². The maximum Gasteiger partial charge on any atom is 0.433 e. The molecule has 3 rings (SSSR count). The van der Waals surface area contributed by atoms with Crippen molar-refractivity contribution < 1.29 is 32.2 Å². The number of halogens is 4. The van der Waals surface area contributed by atoms with Crippen molar-refractivity contribution in [3.05, 3.63) is 36.0 Å². The minimum absolute atomic E-state index is 0.110. The molecule has 11 heteroatoms. The molecule has 3 heterocycles. The number of rotatable bonds is 4. The third-order valence-electron chi connectivity index (χ3n) is 5.02. The number of likely N-dealkylation sites (tertiary alicyclic amines) is 1. The van der Waals surface area contributed by atoms with Crippen LogP contribution in [0.5, 0.6) is 0 Å². The van der Waals surface area contributed by atoms with Crippen molar-refractivity contribution in [3.63, 3.8) is 0 Å². The number of aromatic nitrogens is 3. The monoisotopic (exact) mass is 458 g/mol. The molecule has 0 spiro atoms. The van der Waals surface area contributed by atoms with Crippen molar-refractivity contribution in [2.45, 2.75) is 57.6 Å². The molecular weight excluding hydrogens is 432 g/mol. The molecule has 0 bridgehead atoms. The number of hydrogen-bond donors (Lipinski definition) is 1. The highest BCUT2D eigenvalue weighted by Crippen LogP contribution is 2.34. The van der Waals surface area contributed by atoms with Gasteiger partial charge >= 0.3 is 12.3 Å². The Morgan fingerprint density at radius 1 is 1.31 bits per heavy atom. The first-order valence-corrected chi connectivity index (χ1v) is 10.2. The number of aliphatic hydroxyl groups is 1. The molecule has 1 aliphatic heterocycles. The molecule has 0 aromatic carbocycles. The fraction of sp³-hybridized carbons (Fsp3) is 0.571. The lowest BCUT2D eigenvalue weighted by atomic mass is 9.94. The molecule has 0 radical (unpaired) electrons. The fourth-order valence-corrected chi connectivity index (χ4v) is 3.58. The van der Waals surface area contributed by atoms with Crippen molar-refractivity contribution >= 4 is 6.09 Å². The van der Waals surface area contributed by atoms with Crippen LogP contribution in [0.1, 0.15) is 44.6 Å². The van der Waals surface area contributed by atoms with Crippen LogP contribution in [0.2, 0.25) is 0 Å². The van der Waals surface area contributed by atoms with Crippen LogP contribution < -0.4 is 0 Å². The molecule has 0 aliphatic carbocycles. The number of piperidine rings is 1. The van der Waals surface area contributed by atoms with Crippen LogP contribution in [-0.4, -0.2) is 62.1 Å². The van der Waals surface area contributed by atoms with E-state index in [1.165, 1.54) is 17.2 Å². The standard InChI is InChI=1S/C21H26F4N4O3/c1-20(2,3)32-19(31)29-7-5-14(15(22)11-29)18-27-16(12-28(18)8-9-30)13-4-6-26-17(10-13)21(23,24)25/h4,6,10,12,14-15,30H,5,7-9,11H2,1-3H3. The smallest absolute Gasteiger partial charge is 0.433 e. The quantitative estimate of drug-likeness (QED) is 0.700. The van der Waals surface area contributed by atoms with E-state index in [1.54, 1.807) is 25.3 Å². The zero-order valence-electron chi connectivity index (χ0n) is 18.1. The fourth-order valence-electron chi connectivity index (χ4n) is 3.58. The normalized spacial score (nSPS) is 19.8. The summed E-state index contributed by atoms with van der Waals surface area (Å²) in [7, 11) is 0. The second-order valence-corrected chi connectivity index (χ2v) is 8.67. The number of carbonyl (C=O) groups is 1. The number of imidazole rings is 1. The first-order chi connectivity index (χ1) is 14.9. The summed E-state index contributed by atoms with van der Waals surface area (Å²) in [5, 5.41) is 9.39. The van der Waals surface area contributed by atoms with Crippen LogP contribution in [0.4, 0.5) is 22.4 Å². The van der Waals surface area contributed by atoms with E-state index in [2.05, 4.69) is 9.97 Å². The number of aliphatic hydroxyl groups excluding tert-OH is 1. The first kappa shape index (κ1) is 24.0. The van der Waals surface area contributed by atoms with Crippen molar-refractivity contribution in [1.82, 2.24) is 19.4 Å². The molecule has 2 atom stereocenters. The maximum atomic E-state index is 15.1. The Morgan fingerprint density at radius 3 is 2.62 bits per heavy atom. The Bertz CT molecular complexity index is 955. The minimum atomic E-state index is -4.61. The van der Waals surface area contributed by atoms with Crippen LogP contribution >= 0.6 is 0 Å². The molecule has 32 heavy (non-hydrogen) atoms. The van der Waals surface area contributed by atoms with Crippen LogP contribution in [0.3, 0.4) is 0 Å². The third-order valence-corrected chi connectivity index (χ3v) is 5.02. The highest BCUT2D eigenvalue weighted by Gasteiger charge is 2.37. The average molecular weight is 458 g/mol. The minimum Gasteiger partial charge on any atom is -0.444 e. The van der Waals surface area contributed by atoms with Gasteiger partial charge in [0.05, 0.1) is 24.8 Å². The van der Waals surface area contributed by atoms with Gasteiger partial charge in [-0.1, -0.05) is 0 Å². The number of ether oxygens (including phenoxy) is 1. The summed E-state index contributed by atoms with van der Waals surface area (Å²) in [6.45, 7) is 5.09. The van der Waals surface area contributed by atoms with E-state index in [4.69, 9.17) is 4.74 Å². The largest absolute Gasteiger partial charge is 0.444 e. The van der Waals surface area contributed by atoms with E-state index < -0.39 is 35.7 Å². The van der Waals surface area contributed by atoms with Crippen molar-refractivity contribution in [2.24, 2.45) is 0 Å². The van der Waals surface area contributed by atoms with Gasteiger partial charge in [-0.15, -0.1) is 0 Å². The Hall–Kier alpha value is -2.69. The predicted octanol–water partition coefficient (Wildman–Crippen LogP) is 4.02. The van der Waals surface area contributed by atoms with Crippen LogP contribution in [0, 0.1) is 0 Å². The Kier molecular flexibility index (Phi) is 6.77. The van der Waals surface area contributed by atoms with E-state index in [-0.39, 0.29) is 43.9 Å². The number of alkyl halides is 4. The summed E-state index contributed by atoms with van der Waals surface area (Å²) < 4.78 is 61.0. The summed E-state index contributed by atoms with van der Waals surface area (Å²) in [6, 6.07) is 2.27. The zero-order chi connectivity index (χ0) is 23.7. The second kappa shape index (κ2) is 9.05. The molecular formula is C21H26F4N4O3. The highest BCUT2D eigenvalue weighted by molar-refractivity contribution is 5.68. The lowest BCUT2D eigenvalue weighted by Gasteiger charge is -2.35. The lowest BCUT2D eigenvalue weighted by molar-refractivity contribution is -0.141. The summed E-state index contributed by atoms with van der Waals surface area (Å²) in [5.74, 6) is -0.367. The van der Waals surface area contributed by atoms with E-state index in [0.29, 0.717) is 5.82 Å². The Morgan fingerprint density at radius 2 is 2.03 bits per heavy atom. The van der Waals surface area contributed by atoms with Gasteiger partial charge in [0.1, 0.15) is 23.3 Å². The molecule has 1 aliphatic rings. The molecule has 2 aromatic rings. The van der Waals surface area contributed by atoms with Gasteiger partial charge in [-0.2, -0.15) is 13.2 Å². The van der Waals surface area contributed by atoms with Crippen molar-refractivity contribution in [3.8, 4) is 11.3 Å². The van der Waals surface area contributed by atoms with E-state index in [9.17, 15) is 23.1 Å². The Labute approximate surface area is 183 Å². The zero-order valence-corrected chi connectivity index (χ0v) is 18.1. The molecule has 7 nitrogen and oxygen atoms in total. The molecule has 2 unspecified atom stereocenters. The van der Waals surface area contributed by atoms with E-state index in [0.717, 1.165) is 12.3 Å². The van der Waals surface area contributed by atoms with Gasteiger partial charge in [-0.25, -0.2) is 14.2 Å². The van der Waals surface area contributed by atoms with Gasteiger partial charge in [0.2, 0.25) is 0 Å². The number of carbonyl (C=O) groups excluding carboxylic acids is 1. The van der Waals surface area contributed by atoms with Gasteiger partial charge in [0, 0.05) is 31.0 Å². The molecule has 0 saturated carbocycles. The van der Waals surface area contributed by atoms with Gasteiger partial charge in [-0.05, 0) is 39.3 Å². The van der Waals surface area contributed by atoms with Crippen molar-refractivity contribution in [1.29, 1.82) is 0 Å². The summed E-state index contributed by atoms with van der Waals surface area (Å²) in [4.78, 5) is 21.3. The van der Waals surface area contributed by atoms with Gasteiger partial charge < -0.3 is 19.3 Å². The number of nitrogens with zero attached hydrogens (tertiary/aromatic N) is 4. The molecule has 2 aromatic heterocycles. The highest BCUT2D eigenvalue weighted by atomic mass is 19.4. The molecule has 1 amide bonds. The average Bonchev–Trinajstić information content (AvgIpc) is 3.10. The number of hydrogen-bond acceptors (Lipinski definition) is 5. The maximum absolute atomic E-state index is 15.1. The SMILES string of the molecule is CC(C)(C)OC(=O)N1CCC(c2nc(-c3ccnc(C(F)(F)F)c3)cn2CCO)C(F)C1. The number of pyridine rings is 1. The number of amides is 1. The van der Waals surface area contributed by atoms with Gasteiger partial charge in [-0.3, -0.25) is 4.98 Å². The van der Waals surface area contributed by atoms with E-state index >= 15 is 4.39 Å². The third kappa shape index (κ3) is 5.56. The van der Waals surface area contributed by atoms with E-state index in [1.807, 2.05) is 0 Å². The summed E-state index contributed by atoms with van der Waals surface area (Å²) in [5.41, 5.74) is -1.34. The van der Waals surface area contributed by atoms with Crippen LogP contribution in [-0.2, 0) is 17.5 Å². The van der Waals surface area contributed by atoms with Gasteiger partial charge in [0.25, 0.3) is 0 Å². The lowest BCUT2D eigenvalue weighted by Crippen LogP contribution is -2.46. The molecule has 1 saturated heterocycles. The van der Waals surface area contributed by atoms with Crippen molar-refractivity contribution in [2.75, 3.05) is 19.7 Å². The Balaban J connectivity index is 1.84. The second-order valence-electron chi connectivity index (χ2n) is 8.67. The van der Waals surface area contributed by atoms with Crippen LogP contribution in [0.15, 0.2) is 24.5 Å². The summed E-state index contributed by atoms with van der Waals surface area (Å²) in [6.07, 6.45) is -3.87. The molecule has 1 N–H and O–H groups in total. The summed E-state index contributed by atoms with van der Waals surface area (Å²) >= 11 is 0. The molecule has 1 fully saturated rings. The van der Waals surface area contributed by atoms with Crippen LogP contribution in [0.25, 0.3) is 11.3 Å². The molecule has 176 valence electrons. The predicted molar refractivity (Wildman–Crippen MR) is 108 cm³/mol.